The Morgan fingerprint density at radius 3 is 1.52 bits per heavy atom. The SMILES string of the molecule is CC(=NNC(=O)CCCCCC(=O)NN=C(C)C1CC1)C1CC1. The lowest BCUT2D eigenvalue weighted by molar-refractivity contribution is -0.121. The van der Waals surface area contributed by atoms with Crippen LogP contribution in [0.5, 0.6) is 0 Å². The first kappa shape index (κ1) is 17.6. The maximum absolute atomic E-state index is 11.6. The van der Waals surface area contributed by atoms with Crippen molar-refractivity contribution in [2.24, 2.45) is 22.0 Å². The van der Waals surface area contributed by atoms with E-state index in [2.05, 4.69) is 21.1 Å². The van der Waals surface area contributed by atoms with Gasteiger partial charge in [0.15, 0.2) is 0 Å². The van der Waals surface area contributed by atoms with Gasteiger partial charge in [-0.15, -0.1) is 0 Å². The van der Waals surface area contributed by atoms with Crippen molar-refractivity contribution in [3.63, 3.8) is 0 Å². The van der Waals surface area contributed by atoms with Gasteiger partial charge in [-0.25, -0.2) is 10.9 Å². The molecule has 2 rings (SSSR count). The number of hydrogen-bond acceptors (Lipinski definition) is 4. The van der Waals surface area contributed by atoms with E-state index >= 15 is 0 Å². The summed E-state index contributed by atoms with van der Waals surface area (Å²) >= 11 is 0. The van der Waals surface area contributed by atoms with Crippen molar-refractivity contribution in [1.82, 2.24) is 10.9 Å². The first-order valence-electron chi connectivity index (χ1n) is 8.72. The average Bonchev–Trinajstić information content (AvgIpc) is 3.41. The highest BCUT2D eigenvalue weighted by atomic mass is 16.2. The summed E-state index contributed by atoms with van der Waals surface area (Å²) in [5, 5.41) is 8.22. The fourth-order valence-corrected chi connectivity index (χ4v) is 2.35. The molecule has 0 saturated heterocycles. The highest BCUT2D eigenvalue weighted by molar-refractivity contribution is 5.88. The van der Waals surface area contributed by atoms with E-state index in [0.29, 0.717) is 24.7 Å². The Morgan fingerprint density at radius 2 is 1.17 bits per heavy atom. The molecule has 0 heterocycles. The predicted octanol–water partition coefficient (Wildman–Crippen LogP) is 2.74. The van der Waals surface area contributed by atoms with E-state index in [9.17, 15) is 9.59 Å². The molecule has 2 aliphatic rings. The van der Waals surface area contributed by atoms with Crippen LogP contribution in [0.3, 0.4) is 0 Å². The first-order chi connectivity index (χ1) is 11.1. The van der Waals surface area contributed by atoms with Crippen molar-refractivity contribution in [2.75, 3.05) is 0 Å². The number of hydrogen-bond donors (Lipinski definition) is 2. The summed E-state index contributed by atoms with van der Waals surface area (Å²) in [6.07, 6.45) is 8.11. The van der Waals surface area contributed by atoms with Crippen molar-refractivity contribution in [2.45, 2.75) is 71.6 Å². The van der Waals surface area contributed by atoms with Crippen LogP contribution in [0.15, 0.2) is 10.2 Å². The number of hydrazone groups is 2. The predicted molar refractivity (Wildman–Crippen MR) is 91.0 cm³/mol. The number of carbonyl (C=O) groups excluding carboxylic acids is 2. The van der Waals surface area contributed by atoms with E-state index in [1.807, 2.05) is 13.8 Å². The van der Waals surface area contributed by atoms with Crippen molar-refractivity contribution in [3.8, 4) is 0 Å². The van der Waals surface area contributed by atoms with Crippen LogP contribution in [0.2, 0.25) is 0 Å². The molecule has 2 aliphatic carbocycles. The fraction of sp³-hybridized carbons (Fsp3) is 0.765. The van der Waals surface area contributed by atoms with Crippen LogP contribution in [0.4, 0.5) is 0 Å². The van der Waals surface area contributed by atoms with Crippen LogP contribution in [-0.2, 0) is 9.59 Å². The highest BCUT2D eigenvalue weighted by Crippen LogP contribution is 2.30. The molecule has 0 unspecified atom stereocenters. The molecule has 23 heavy (non-hydrogen) atoms. The van der Waals surface area contributed by atoms with Crippen LogP contribution in [0.1, 0.15) is 71.6 Å². The third-order valence-electron chi connectivity index (χ3n) is 4.36. The second-order valence-electron chi connectivity index (χ2n) is 6.69. The van der Waals surface area contributed by atoms with Gasteiger partial charge in [0.25, 0.3) is 0 Å². The summed E-state index contributed by atoms with van der Waals surface area (Å²) in [5.41, 5.74) is 7.26. The van der Waals surface area contributed by atoms with Crippen LogP contribution in [-0.4, -0.2) is 23.2 Å². The van der Waals surface area contributed by atoms with Gasteiger partial charge in [-0.1, -0.05) is 6.42 Å². The van der Waals surface area contributed by atoms with Crippen LogP contribution in [0, 0.1) is 11.8 Å². The summed E-state index contributed by atoms with van der Waals surface area (Å²) in [7, 11) is 0. The summed E-state index contributed by atoms with van der Waals surface area (Å²) in [5.74, 6) is 1.08. The number of amides is 2. The Balaban J connectivity index is 1.46. The summed E-state index contributed by atoms with van der Waals surface area (Å²) in [4.78, 5) is 23.2. The highest BCUT2D eigenvalue weighted by Gasteiger charge is 2.25. The molecule has 6 nitrogen and oxygen atoms in total. The van der Waals surface area contributed by atoms with Gasteiger partial charge in [-0.3, -0.25) is 9.59 Å². The van der Waals surface area contributed by atoms with Gasteiger partial charge in [-0.2, -0.15) is 10.2 Å². The zero-order valence-corrected chi connectivity index (χ0v) is 14.2. The number of unbranched alkanes of at least 4 members (excludes halogenated alkanes) is 2. The van der Waals surface area contributed by atoms with Gasteiger partial charge in [0.05, 0.1) is 0 Å². The fourth-order valence-electron chi connectivity index (χ4n) is 2.35. The normalized spacial score (nSPS) is 18.7. The van der Waals surface area contributed by atoms with Crippen LogP contribution < -0.4 is 10.9 Å². The standard InChI is InChI=1S/C17H28N4O2/c1-12(14-8-9-14)18-20-16(22)6-4-3-5-7-17(23)21-19-13(2)15-10-11-15/h14-15H,3-11H2,1-2H3,(H,20,22)(H,21,23). The molecule has 0 bridgehead atoms. The van der Waals surface area contributed by atoms with Crippen molar-refractivity contribution in [3.05, 3.63) is 0 Å². The molecule has 0 atom stereocenters. The minimum atomic E-state index is -0.0425. The van der Waals surface area contributed by atoms with Gasteiger partial charge in [0.1, 0.15) is 0 Å². The van der Waals surface area contributed by atoms with Gasteiger partial charge in [0.2, 0.25) is 11.8 Å². The third-order valence-corrected chi connectivity index (χ3v) is 4.36. The van der Waals surface area contributed by atoms with E-state index in [4.69, 9.17) is 0 Å². The number of nitrogens with zero attached hydrogens (tertiary/aromatic N) is 2. The van der Waals surface area contributed by atoms with Gasteiger partial charge in [-0.05, 0) is 64.2 Å². The zero-order valence-electron chi connectivity index (χ0n) is 14.2. The Morgan fingerprint density at radius 1 is 0.783 bits per heavy atom. The van der Waals surface area contributed by atoms with E-state index < -0.39 is 0 Å². The quantitative estimate of drug-likeness (QED) is 0.368. The molecule has 0 aromatic heterocycles. The minimum absolute atomic E-state index is 0.0425. The zero-order chi connectivity index (χ0) is 16.7. The topological polar surface area (TPSA) is 82.9 Å². The maximum Gasteiger partial charge on any atom is 0.240 e. The molecule has 0 radical (unpaired) electrons. The molecule has 2 fully saturated rings. The molecule has 2 saturated carbocycles. The van der Waals surface area contributed by atoms with Crippen LogP contribution >= 0.6 is 0 Å². The molecule has 6 heteroatoms. The number of nitrogens with one attached hydrogen (secondary N) is 2. The second-order valence-corrected chi connectivity index (χ2v) is 6.69. The van der Waals surface area contributed by atoms with E-state index in [-0.39, 0.29) is 11.8 Å². The largest absolute Gasteiger partial charge is 0.273 e. The minimum Gasteiger partial charge on any atom is -0.273 e. The third kappa shape index (κ3) is 7.39. The van der Waals surface area contributed by atoms with Crippen LogP contribution in [0.25, 0.3) is 0 Å². The first-order valence-corrected chi connectivity index (χ1v) is 8.72. The van der Waals surface area contributed by atoms with E-state index in [1.54, 1.807) is 0 Å². The smallest absolute Gasteiger partial charge is 0.240 e. The molecule has 0 aromatic carbocycles. The van der Waals surface area contributed by atoms with Gasteiger partial charge in [0, 0.05) is 24.3 Å². The molecule has 0 spiro atoms. The number of carbonyl (C=O) groups is 2. The summed E-state index contributed by atoms with van der Waals surface area (Å²) in [6, 6.07) is 0. The van der Waals surface area contributed by atoms with Crippen molar-refractivity contribution < 1.29 is 9.59 Å². The lowest BCUT2D eigenvalue weighted by atomic mass is 10.1. The van der Waals surface area contributed by atoms with Gasteiger partial charge < -0.3 is 0 Å². The maximum atomic E-state index is 11.6. The Bertz CT molecular complexity index is 447. The average molecular weight is 320 g/mol. The molecular formula is C17H28N4O2. The van der Waals surface area contributed by atoms with Gasteiger partial charge >= 0.3 is 0 Å². The Hall–Kier alpha value is -1.72. The molecular weight excluding hydrogens is 292 g/mol. The lowest BCUT2D eigenvalue weighted by Crippen LogP contribution is -2.20. The monoisotopic (exact) mass is 320 g/mol. The van der Waals surface area contributed by atoms with Crippen molar-refractivity contribution >= 4 is 23.2 Å². The Labute approximate surface area is 138 Å². The van der Waals surface area contributed by atoms with Crippen molar-refractivity contribution in [1.29, 1.82) is 0 Å². The summed E-state index contributed by atoms with van der Waals surface area (Å²) < 4.78 is 0. The Kier molecular flexibility index (Phi) is 6.74. The lowest BCUT2D eigenvalue weighted by Gasteiger charge is -2.03. The number of rotatable bonds is 10. The molecule has 128 valence electrons. The molecule has 0 aliphatic heterocycles. The van der Waals surface area contributed by atoms with E-state index in [1.165, 1.54) is 25.7 Å². The molecule has 2 amide bonds. The molecule has 0 aromatic rings. The summed E-state index contributed by atoms with van der Waals surface area (Å²) in [6.45, 7) is 3.92. The second kappa shape index (κ2) is 8.79. The van der Waals surface area contributed by atoms with E-state index in [0.717, 1.165) is 30.7 Å². The molecule has 2 N–H and O–H groups in total.